The van der Waals surface area contributed by atoms with E-state index in [1.807, 2.05) is 48.4 Å². The van der Waals surface area contributed by atoms with E-state index in [9.17, 15) is 5.26 Å². The van der Waals surface area contributed by atoms with Gasteiger partial charge in [0.2, 0.25) is 0 Å². The van der Waals surface area contributed by atoms with E-state index in [4.69, 9.17) is 0 Å². The Hall–Kier alpha value is -2.31. The van der Waals surface area contributed by atoms with Gasteiger partial charge in [-0.1, -0.05) is 37.3 Å². The van der Waals surface area contributed by atoms with Crippen molar-refractivity contribution in [3.05, 3.63) is 60.4 Å². The first-order valence-corrected chi connectivity index (χ1v) is 9.74. The number of nitrogens with zero attached hydrogens (tertiary/aromatic N) is 2. The molecule has 3 aromatic rings. The van der Waals surface area contributed by atoms with Crippen molar-refractivity contribution in [2.45, 2.75) is 31.1 Å². The lowest BCUT2D eigenvalue weighted by Crippen LogP contribution is -2.01. The number of benzene rings is 2. The Morgan fingerprint density at radius 3 is 2.60 bits per heavy atom. The molecule has 4 rings (SSSR count). The van der Waals surface area contributed by atoms with Crippen LogP contribution in [0.2, 0.25) is 0 Å². The summed E-state index contributed by atoms with van der Waals surface area (Å²) in [5.41, 5.74) is 3.60. The Morgan fingerprint density at radius 1 is 1.08 bits per heavy atom. The molecular formula is C22H20N2S. The summed E-state index contributed by atoms with van der Waals surface area (Å²) in [6, 6.07) is 16.6. The molecule has 1 heterocycles. The highest BCUT2D eigenvalue weighted by Gasteiger charge is 2.40. The maximum Gasteiger partial charge on any atom is 0.0998 e. The number of thioether (sulfide) groups is 1. The Bertz CT molecular complexity index is 967. The molecule has 0 spiro atoms. The van der Waals surface area contributed by atoms with E-state index in [2.05, 4.69) is 36.2 Å². The first-order chi connectivity index (χ1) is 12.3. The SMILES string of the molecule is CCC1(CSc2ccncc2-c2ccc(C#N)c3ccccc23)CC1. The average Bonchev–Trinajstić information content (AvgIpc) is 3.46. The molecule has 0 aliphatic heterocycles. The Kier molecular flexibility index (Phi) is 4.23. The van der Waals surface area contributed by atoms with Crippen LogP contribution in [0.1, 0.15) is 31.7 Å². The first-order valence-electron chi connectivity index (χ1n) is 8.75. The molecule has 0 N–H and O–H groups in total. The Balaban J connectivity index is 1.78. The molecule has 0 radical (unpaired) electrons. The number of nitriles is 1. The lowest BCUT2D eigenvalue weighted by Gasteiger charge is -2.15. The average molecular weight is 344 g/mol. The van der Waals surface area contributed by atoms with E-state index < -0.39 is 0 Å². The van der Waals surface area contributed by atoms with Crippen molar-refractivity contribution in [3.8, 4) is 17.2 Å². The lowest BCUT2D eigenvalue weighted by molar-refractivity contribution is 0.562. The van der Waals surface area contributed by atoms with Gasteiger partial charge < -0.3 is 0 Å². The number of aromatic nitrogens is 1. The molecular weight excluding hydrogens is 324 g/mol. The number of rotatable bonds is 5. The predicted molar refractivity (Wildman–Crippen MR) is 105 cm³/mol. The van der Waals surface area contributed by atoms with Crippen LogP contribution in [0.5, 0.6) is 0 Å². The second kappa shape index (κ2) is 6.54. The van der Waals surface area contributed by atoms with Crippen molar-refractivity contribution in [1.82, 2.24) is 4.98 Å². The predicted octanol–water partition coefficient (Wildman–Crippen LogP) is 6.06. The van der Waals surface area contributed by atoms with Crippen LogP contribution < -0.4 is 0 Å². The van der Waals surface area contributed by atoms with Crippen LogP contribution in [0, 0.1) is 16.7 Å². The van der Waals surface area contributed by atoms with Crippen molar-refractivity contribution in [2.75, 3.05) is 5.75 Å². The number of pyridine rings is 1. The van der Waals surface area contributed by atoms with Gasteiger partial charge in [-0.25, -0.2) is 0 Å². The molecule has 1 aromatic heterocycles. The summed E-state index contributed by atoms with van der Waals surface area (Å²) in [6.45, 7) is 2.30. The molecule has 1 aliphatic rings. The standard InChI is InChI=1S/C22H20N2S/c1-2-22(10-11-22)15-25-21-9-12-24-14-20(21)19-8-7-16(13-23)17-5-3-4-6-18(17)19/h3-9,12,14H,2,10-11,15H2,1H3. The third kappa shape index (κ3) is 3.03. The molecule has 0 amide bonds. The molecule has 0 bridgehead atoms. The molecule has 2 aromatic carbocycles. The minimum absolute atomic E-state index is 0.554. The van der Waals surface area contributed by atoms with Gasteiger partial charge in [-0.15, -0.1) is 11.8 Å². The maximum absolute atomic E-state index is 9.39. The van der Waals surface area contributed by atoms with Gasteiger partial charge in [-0.05, 0) is 47.8 Å². The molecule has 0 atom stereocenters. The normalized spacial score (nSPS) is 15.0. The zero-order valence-corrected chi connectivity index (χ0v) is 15.1. The fourth-order valence-electron chi connectivity index (χ4n) is 3.35. The Labute approximate surface area is 152 Å². The third-order valence-electron chi connectivity index (χ3n) is 5.36. The molecule has 3 heteroatoms. The first kappa shape index (κ1) is 16.2. The van der Waals surface area contributed by atoms with Crippen molar-refractivity contribution < 1.29 is 0 Å². The van der Waals surface area contributed by atoms with Gasteiger partial charge in [0, 0.05) is 34.0 Å². The zero-order chi connectivity index (χ0) is 17.3. The third-order valence-corrected chi connectivity index (χ3v) is 6.78. The molecule has 0 saturated heterocycles. The molecule has 25 heavy (non-hydrogen) atoms. The highest BCUT2D eigenvalue weighted by molar-refractivity contribution is 7.99. The minimum atomic E-state index is 0.554. The zero-order valence-electron chi connectivity index (χ0n) is 14.3. The van der Waals surface area contributed by atoms with Crippen LogP contribution in [0.4, 0.5) is 0 Å². The fraction of sp³-hybridized carbons (Fsp3) is 0.273. The summed E-state index contributed by atoms with van der Waals surface area (Å²) >= 11 is 1.95. The monoisotopic (exact) mass is 344 g/mol. The van der Waals surface area contributed by atoms with Crippen LogP contribution in [-0.2, 0) is 0 Å². The summed E-state index contributed by atoms with van der Waals surface area (Å²) in [5, 5.41) is 11.5. The summed E-state index contributed by atoms with van der Waals surface area (Å²) in [4.78, 5) is 5.66. The van der Waals surface area contributed by atoms with Crippen molar-refractivity contribution in [2.24, 2.45) is 5.41 Å². The van der Waals surface area contributed by atoms with Gasteiger partial charge in [0.05, 0.1) is 11.6 Å². The molecule has 1 fully saturated rings. The van der Waals surface area contributed by atoms with Gasteiger partial charge in [0.25, 0.3) is 0 Å². The van der Waals surface area contributed by atoms with Gasteiger partial charge in [-0.3, -0.25) is 4.98 Å². The van der Waals surface area contributed by atoms with Crippen LogP contribution in [0.15, 0.2) is 59.8 Å². The molecule has 1 aliphatic carbocycles. The number of hydrogen-bond acceptors (Lipinski definition) is 3. The topological polar surface area (TPSA) is 36.7 Å². The van der Waals surface area contributed by atoms with Gasteiger partial charge in [-0.2, -0.15) is 5.26 Å². The molecule has 0 unspecified atom stereocenters. The minimum Gasteiger partial charge on any atom is -0.264 e. The second-order valence-electron chi connectivity index (χ2n) is 6.83. The van der Waals surface area contributed by atoms with Crippen molar-refractivity contribution in [1.29, 1.82) is 5.26 Å². The van der Waals surface area contributed by atoms with E-state index >= 15 is 0 Å². The number of fused-ring (bicyclic) bond motifs is 1. The molecule has 2 nitrogen and oxygen atoms in total. The Morgan fingerprint density at radius 2 is 1.88 bits per heavy atom. The van der Waals surface area contributed by atoms with Crippen LogP contribution in [0.25, 0.3) is 21.9 Å². The van der Waals surface area contributed by atoms with Gasteiger partial charge >= 0.3 is 0 Å². The quantitative estimate of drug-likeness (QED) is 0.528. The van der Waals surface area contributed by atoms with E-state index in [-0.39, 0.29) is 0 Å². The summed E-state index contributed by atoms with van der Waals surface area (Å²) in [5.74, 6) is 1.18. The molecule has 1 saturated carbocycles. The summed E-state index contributed by atoms with van der Waals surface area (Å²) in [7, 11) is 0. The summed E-state index contributed by atoms with van der Waals surface area (Å²) in [6.07, 6.45) is 7.82. The number of hydrogen-bond donors (Lipinski definition) is 0. The maximum atomic E-state index is 9.39. The fourth-order valence-corrected chi connectivity index (χ4v) is 4.78. The highest BCUT2D eigenvalue weighted by atomic mass is 32.2. The van der Waals surface area contributed by atoms with Crippen LogP contribution in [-0.4, -0.2) is 10.7 Å². The van der Waals surface area contributed by atoms with E-state index in [0.717, 1.165) is 21.9 Å². The van der Waals surface area contributed by atoms with Crippen LogP contribution >= 0.6 is 11.8 Å². The van der Waals surface area contributed by atoms with Gasteiger partial charge in [0.15, 0.2) is 0 Å². The van der Waals surface area contributed by atoms with E-state index in [1.165, 1.54) is 35.5 Å². The van der Waals surface area contributed by atoms with Gasteiger partial charge in [0.1, 0.15) is 0 Å². The second-order valence-corrected chi connectivity index (χ2v) is 7.85. The smallest absolute Gasteiger partial charge is 0.0998 e. The molecule has 124 valence electrons. The lowest BCUT2D eigenvalue weighted by atomic mass is 9.96. The van der Waals surface area contributed by atoms with E-state index in [1.54, 1.807) is 0 Å². The largest absolute Gasteiger partial charge is 0.264 e. The highest BCUT2D eigenvalue weighted by Crippen LogP contribution is 2.52. The van der Waals surface area contributed by atoms with Crippen molar-refractivity contribution >= 4 is 22.5 Å². The van der Waals surface area contributed by atoms with Crippen LogP contribution in [0.3, 0.4) is 0 Å². The van der Waals surface area contributed by atoms with E-state index in [0.29, 0.717) is 5.41 Å². The van der Waals surface area contributed by atoms with Crippen molar-refractivity contribution in [3.63, 3.8) is 0 Å². The summed E-state index contributed by atoms with van der Waals surface area (Å²) < 4.78 is 0.